The zero-order valence-corrected chi connectivity index (χ0v) is 11.3. The van der Waals surface area contributed by atoms with Crippen LogP contribution in [0.15, 0.2) is 0 Å². The van der Waals surface area contributed by atoms with E-state index in [4.69, 9.17) is 14.6 Å². The molecular weight excluding hydrogens is 238 g/mol. The predicted molar refractivity (Wildman–Crippen MR) is 64.3 cm³/mol. The van der Waals surface area contributed by atoms with E-state index in [2.05, 4.69) is 0 Å². The van der Waals surface area contributed by atoms with Crippen LogP contribution in [0.25, 0.3) is 0 Å². The molecule has 6 nitrogen and oxygen atoms in total. The van der Waals surface area contributed by atoms with Crippen LogP contribution in [-0.4, -0.2) is 54.0 Å². The molecule has 0 aromatic heterocycles. The fraction of sp³-hybridized carbons (Fsp3) is 0.833. The molecule has 1 aliphatic heterocycles. The van der Waals surface area contributed by atoms with E-state index in [9.17, 15) is 9.59 Å². The molecule has 1 amide bonds. The molecule has 1 aliphatic rings. The van der Waals surface area contributed by atoms with Gasteiger partial charge in [0.1, 0.15) is 5.60 Å². The summed E-state index contributed by atoms with van der Waals surface area (Å²) >= 11 is 0. The van der Waals surface area contributed by atoms with Gasteiger partial charge in [0.25, 0.3) is 0 Å². The topological polar surface area (TPSA) is 76.1 Å². The summed E-state index contributed by atoms with van der Waals surface area (Å²) in [6.45, 7) is 5.87. The Morgan fingerprint density at radius 1 is 1.28 bits per heavy atom. The van der Waals surface area contributed by atoms with Crippen LogP contribution in [0.1, 0.15) is 27.2 Å². The summed E-state index contributed by atoms with van der Waals surface area (Å²) in [5, 5.41) is 9.05. The lowest BCUT2D eigenvalue weighted by atomic mass is 9.96. The predicted octanol–water partition coefficient (Wildman–Crippen LogP) is 1.34. The average Bonchev–Trinajstić information content (AvgIpc) is 2.26. The first-order valence-electron chi connectivity index (χ1n) is 5.96. The highest BCUT2D eigenvalue weighted by Gasteiger charge is 2.35. The number of aliphatic carboxylic acids is 1. The minimum atomic E-state index is -0.912. The maximum absolute atomic E-state index is 11.9. The molecule has 0 aromatic rings. The third-order valence-electron chi connectivity index (χ3n) is 2.75. The fourth-order valence-corrected chi connectivity index (χ4v) is 1.88. The van der Waals surface area contributed by atoms with E-state index in [0.29, 0.717) is 13.0 Å². The van der Waals surface area contributed by atoms with Crippen molar-refractivity contribution in [2.45, 2.75) is 38.9 Å². The molecule has 1 rings (SSSR count). The number of methoxy groups -OCH3 is 1. The van der Waals surface area contributed by atoms with Gasteiger partial charge in [-0.1, -0.05) is 0 Å². The Kier molecular flexibility index (Phi) is 4.56. The molecule has 6 heteroatoms. The maximum atomic E-state index is 11.9. The Labute approximate surface area is 107 Å². The summed E-state index contributed by atoms with van der Waals surface area (Å²) in [5.74, 6) is -1.51. The lowest BCUT2D eigenvalue weighted by molar-refractivity contribution is -0.145. The number of carbonyl (C=O) groups excluding carboxylic acids is 1. The van der Waals surface area contributed by atoms with Crippen molar-refractivity contribution in [3.63, 3.8) is 0 Å². The second-order valence-electron chi connectivity index (χ2n) is 5.51. The van der Waals surface area contributed by atoms with Gasteiger partial charge in [0.15, 0.2) is 0 Å². The molecule has 1 N–H and O–H groups in total. The first-order chi connectivity index (χ1) is 8.23. The van der Waals surface area contributed by atoms with E-state index in [1.54, 1.807) is 20.8 Å². The van der Waals surface area contributed by atoms with E-state index in [0.717, 1.165) is 0 Å². The summed E-state index contributed by atoms with van der Waals surface area (Å²) in [6, 6.07) is 0. The molecule has 0 aliphatic carbocycles. The van der Waals surface area contributed by atoms with Crippen LogP contribution >= 0.6 is 0 Å². The van der Waals surface area contributed by atoms with Gasteiger partial charge in [0, 0.05) is 13.7 Å². The molecule has 2 atom stereocenters. The summed E-state index contributed by atoms with van der Waals surface area (Å²) < 4.78 is 10.4. The third kappa shape index (κ3) is 4.18. The van der Waals surface area contributed by atoms with Gasteiger partial charge in [-0.15, -0.1) is 0 Å². The van der Waals surface area contributed by atoms with Crippen molar-refractivity contribution in [1.82, 2.24) is 4.90 Å². The summed E-state index contributed by atoms with van der Waals surface area (Å²) in [4.78, 5) is 24.3. The number of hydrogen-bond acceptors (Lipinski definition) is 4. The van der Waals surface area contributed by atoms with E-state index < -0.39 is 23.6 Å². The molecular formula is C12H21NO5. The van der Waals surface area contributed by atoms with Crippen molar-refractivity contribution >= 4 is 12.1 Å². The van der Waals surface area contributed by atoms with Gasteiger partial charge in [0.2, 0.25) is 0 Å². The number of carboxylic acid groups (broad SMARTS) is 1. The number of nitrogens with zero attached hydrogens (tertiary/aromatic N) is 1. The number of carboxylic acids is 1. The Bertz CT molecular complexity index is 323. The van der Waals surface area contributed by atoms with Crippen molar-refractivity contribution in [1.29, 1.82) is 0 Å². The lowest BCUT2D eigenvalue weighted by Crippen LogP contribution is -2.50. The number of likely N-dealkylation sites (tertiary alicyclic amines) is 1. The van der Waals surface area contributed by atoms with Crippen molar-refractivity contribution in [3.8, 4) is 0 Å². The fourth-order valence-electron chi connectivity index (χ4n) is 1.88. The lowest BCUT2D eigenvalue weighted by Gasteiger charge is -2.36. The highest BCUT2D eigenvalue weighted by molar-refractivity contribution is 5.73. The molecule has 0 unspecified atom stereocenters. The number of rotatable bonds is 2. The van der Waals surface area contributed by atoms with Crippen LogP contribution < -0.4 is 0 Å². The molecule has 0 aromatic carbocycles. The third-order valence-corrected chi connectivity index (χ3v) is 2.75. The molecule has 1 saturated heterocycles. The number of ether oxygens (including phenoxy) is 2. The average molecular weight is 259 g/mol. The normalized spacial score (nSPS) is 24.8. The van der Waals surface area contributed by atoms with Gasteiger partial charge in [-0.3, -0.25) is 4.79 Å². The van der Waals surface area contributed by atoms with Crippen LogP contribution in [0.5, 0.6) is 0 Å². The van der Waals surface area contributed by atoms with Crippen LogP contribution in [0.4, 0.5) is 4.79 Å². The first-order valence-corrected chi connectivity index (χ1v) is 5.96. The molecule has 0 bridgehead atoms. The van der Waals surface area contributed by atoms with Crippen LogP contribution in [0, 0.1) is 5.92 Å². The molecule has 0 spiro atoms. The monoisotopic (exact) mass is 259 g/mol. The van der Waals surface area contributed by atoms with E-state index in [1.807, 2.05) is 0 Å². The Morgan fingerprint density at radius 3 is 2.33 bits per heavy atom. The van der Waals surface area contributed by atoms with Gasteiger partial charge in [0.05, 0.1) is 18.6 Å². The Hall–Kier alpha value is -1.30. The second kappa shape index (κ2) is 5.56. The highest BCUT2D eigenvalue weighted by atomic mass is 16.6. The smallest absolute Gasteiger partial charge is 0.410 e. The minimum absolute atomic E-state index is 0.171. The zero-order chi connectivity index (χ0) is 13.9. The van der Waals surface area contributed by atoms with E-state index in [-0.39, 0.29) is 12.6 Å². The van der Waals surface area contributed by atoms with E-state index >= 15 is 0 Å². The summed E-state index contributed by atoms with van der Waals surface area (Å²) in [6.07, 6.45) is -0.326. The van der Waals surface area contributed by atoms with Crippen LogP contribution in [-0.2, 0) is 14.3 Å². The van der Waals surface area contributed by atoms with Gasteiger partial charge < -0.3 is 19.5 Å². The number of carbonyl (C=O) groups is 2. The van der Waals surface area contributed by atoms with Crippen molar-refractivity contribution in [3.05, 3.63) is 0 Å². The molecule has 0 radical (unpaired) electrons. The van der Waals surface area contributed by atoms with Gasteiger partial charge >= 0.3 is 12.1 Å². The minimum Gasteiger partial charge on any atom is -0.481 e. The summed E-state index contributed by atoms with van der Waals surface area (Å²) in [7, 11) is 1.52. The van der Waals surface area contributed by atoms with Crippen molar-refractivity contribution in [2.24, 2.45) is 5.92 Å². The summed E-state index contributed by atoms with van der Waals surface area (Å²) in [5.41, 5.74) is -0.587. The van der Waals surface area contributed by atoms with Gasteiger partial charge in [-0.25, -0.2) is 4.79 Å². The standard InChI is InChI=1S/C12H21NO5/c1-12(2,3)18-11(16)13-6-8(10(14)15)5-9(7-13)17-4/h8-9H,5-7H2,1-4H3,(H,14,15)/t8-,9-/m0/s1. The van der Waals surface area contributed by atoms with Crippen LogP contribution in [0.3, 0.4) is 0 Å². The molecule has 18 heavy (non-hydrogen) atoms. The molecule has 0 saturated carbocycles. The molecule has 104 valence electrons. The van der Waals surface area contributed by atoms with Gasteiger partial charge in [-0.05, 0) is 27.2 Å². The number of hydrogen-bond donors (Lipinski definition) is 1. The van der Waals surface area contributed by atoms with Crippen molar-refractivity contribution < 1.29 is 24.2 Å². The maximum Gasteiger partial charge on any atom is 0.410 e. The first kappa shape index (κ1) is 14.8. The number of piperidine rings is 1. The number of amides is 1. The molecule has 1 fully saturated rings. The van der Waals surface area contributed by atoms with E-state index in [1.165, 1.54) is 12.0 Å². The van der Waals surface area contributed by atoms with Crippen LogP contribution in [0.2, 0.25) is 0 Å². The van der Waals surface area contributed by atoms with Gasteiger partial charge in [-0.2, -0.15) is 0 Å². The zero-order valence-electron chi connectivity index (χ0n) is 11.3. The SMILES string of the molecule is CO[C@H]1C[C@H](C(=O)O)CN(C(=O)OC(C)(C)C)C1. The largest absolute Gasteiger partial charge is 0.481 e. The Balaban J connectivity index is 2.69. The van der Waals surface area contributed by atoms with Crippen molar-refractivity contribution in [2.75, 3.05) is 20.2 Å². The highest BCUT2D eigenvalue weighted by Crippen LogP contribution is 2.21. The second-order valence-corrected chi connectivity index (χ2v) is 5.51. The molecule has 1 heterocycles. The Morgan fingerprint density at radius 2 is 1.89 bits per heavy atom. The quantitative estimate of drug-likeness (QED) is 0.810.